The topological polar surface area (TPSA) is 73.3 Å². The molecule has 120 valence electrons. The second-order valence-electron chi connectivity index (χ2n) is 6.51. The summed E-state index contributed by atoms with van der Waals surface area (Å²) in [7, 11) is 1.53. The number of nitrogens with zero attached hydrogens (tertiary/aromatic N) is 3. The highest BCUT2D eigenvalue weighted by molar-refractivity contribution is 5.94. The summed E-state index contributed by atoms with van der Waals surface area (Å²) in [5.41, 5.74) is 2.42. The van der Waals surface area contributed by atoms with Crippen molar-refractivity contribution in [1.82, 2.24) is 14.4 Å². The Morgan fingerprint density at radius 1 is 1.45 bits per heavy atom. The first-order chi connectivity index (χ1) is 10.2. The summed E-state index contributed by atoms with van der Waals surface area (Å²) < 4.78 is -0.00801. The molecule has 0 aromatic carbocycles. The highest BCUT2D eigenvalue weighted by Gasteiger charge is 2.53. The largest absolute Gasteiger partial charge is 0.548 e. The standard InChI is InChI=1S/C16H23N3O3/c1-10(2)8-19(14-7-6-11(3)17-12(14)4)9-13(15(20)21)18(5)16(19)22/h6-7,10,13H,8-9H2,1-5H3. The number of hydrogen-bond donors (Lipinski definition) is 0. The quantitative estimate of drug-likeness (QED) is 0.773. The highest BCUT2D eigenvalue weighted by Crippen LogP contribution is 2.34. The number of urea groups is 1. The lowest BCUT2D eigenvalue weighted by atomic mass is 10.1. The first-order valence-electron chi connectivity index (χ1n) is 7.49. The van der Waals surface area contributed by atoms with Crippen LogP contribution >= 0.6 is 0 Å². The molecule has 1 fully saturated rings. The zero-order valence-corrected chi connectivity index (χ0v) is 13.8. The van der Waals surface area contributed by atoms with Gasteiger partial charge < -0.3 is 9.90 Å². The molecule has 0 saturated carbocycles. The summed E-state index contributed by atoms with van der Waals surface area (Å²) in [6, 6.07) is 2.63. The van der Waals surface area contributed by atoms with Gasteiger partial charge in [0.1, 0.15) is 12.6 Å². The predicted octanol–water partition coefficient (Wildman–Crippen LogP) is 0.846. The first-order valence-corrected chi connectivity index (χ1v) is 7.49. The van der Waals surface area contributed by atoms with E-state index in [9.17, 15) is 14.7 Å². The molecule has 0 radical (unpaired) electrons. The smallest absolute Gasteiger partial charge is 0.424 e. The average Bonchev–Trinajstić information content (AvgIpc) is 2.64. The third-order valence-corrected chi connectivity index (χ3v) is 4.23. The average molecular weight is 305 g/mol. The van der Waals surface area contributed by atoms with Gasteiger partial charge in [0.15, 0.2) is 5.69 Å². The first kappa shape index (κ1) is 16.4. The number of carbonyl (C=O) groups excluding carboxylic acids is 2. The Labute approximate surface area is 131 Å². The van der Waals surface area contributed by atoms with Crippen molar-refractivity contribution in [3.05, 3.63) is 23.5 Å². The molecule has 2 atom stereocenters. The van der Waals surface area contributed by atoms with E-state index in [0.717, 1.165) is 17.1 Å². The minimum absolute atomic E-state index is 0.00801. The number of carboxylic acids is 1. The van der Waals surface area contributed by atoms with Crippen LogP contribution in [0.5, 0.6) is 0 Å². The fourth-order valence-corrected chi connectivity index (χ4v) is 3.37. The lowest BCUT2D eigenvalue weighted by Gasteiger charge is -2.32. The van der Waals surface area contributed by atoms with Crippen LogP contribution in [0.15, 0.2) is 12.1 Å². The van der Waals surface area contributed by atoms with Crippen molar-refractivity contribution in [2.45, 2.75) is 33.7 Å². The molecular formula is C16H23N3O3. The number of aromatic nitrogens is 1. The summed E-state index contributed by atoms with van der Waals surface area (Å²) in [4.78, 5) is 30.0. The van der Waals surface area contributed by atoms with Gasteiger partial charge in [-0.2, -0.15) is 0 Å². The van der Waals surface area contributed by atoms with Crippen molar-refractivity contribution < 1.29 is 14.7 Å². The molecule has 2 unspecified atom stereocenters. The van der Waals surface area contributed by atoms with Gasteiger partial charge >= 0.3 is 6.03 Å². The maximum atomic E-state index is 12.9. The number of quaternary nitrogens is 1. The van der Waals surface area contributed by atoms with E-state index in [1.807, 2.05) is 39.8 Å². The summed E-state index contributed by atoms with van der Waals surface area (Å²) in [5, 5.41) is 11.4. The Hall–Kier alpha value is -1.95. The van der Waals surface area contributed by atoms with Crippen LogP contribution in [0.3, 0.4) is 0 Å². The number of rotatable bonds is 4. The number of carboxylic acid groups (broad SMARTS) is 1. The Morgan fingerprint density at radius 3 is 2.55 bits per heavy atom. The van der Waals surface area contributed by atoms with Crippen LogP contribution in [-0.2, 0) is 4.79 Å². The van der Waals surface area contributed by atoms with Gasteiger partial charge in [0.25, 0.3) is 0 Å². The molecule has 6 heteroatoms. The molecule has 0 aliphatic carbocycles. The predicted molar refractivity (Wildman–Crippen MR) is 82.0 cm³/mol. The molecule has 0 spiro atoms. The van der Waals surface area contributed by atoms with Crippen molar-refractivity contribution in [2.75, 3.05) is 20.1 Å². The SMILES string of the molecule is Cc1ccc([N+]2(CC(C)C)CC(C(=O)[O-])N(C)C2=O)c(C)n1. The van der Waals surface area contributed by atoms with Crippen LogP contribution in [0.4, 0.5) is 10.5 Å². The van der Waals surface area contributed by atoms with E-state index in [-0.39, 0.29) is 23.0 Å². The third kappa shape index (κ3) is 2.59. The molecule has 2 rings (SSSR count). The normalized spacial score (nSPS) is 25.1. The van der Waals surface area contributed by atoms with E-state index in [0.29, 0.717) is 6.54 Å². The van der Waals surface area contributed by atoms with Gasteiger partial charge in [-0.05, 0) is 19.9 Å². The Balaban J connectivity index is 2.59. The van der Waals surface area contributed by atoms with Crippen molar-refractivity contribution >= 4 is 17.7 Å². The number of pyridine rings is 1. The molecule has 1 saturated heterocycles. The lowest BCUT2D eigenvalue weighted by molar-refractivity contribution is -0.309. The van der Waals surface area contributed by atoms with Crippen LogP contribution in [-0.4, -0.2) is 48.1 Å². The van der Waals surface area contributed by atoms with Gasteiger partial charge in [-0.1, -0.05) is 13.8 Å². The van der Waals surface area contributed by atoms with Crippen LogP contribution in [0.2, 0.25) is 0 Å². The van der Waals surface area contributed by atoms with Gasteiger partial charge in [0, 0.05) is 24.7 Å². The van der Waals surface area contributed by atoms with Gasteiger partial charge in [0.05, 0.1) is 18.2 Å². The molecule has 1 aliphatic heterocycles. The van der Waals surface area contributed by atoms with E-state index in [4.69, 9.17) is 0 Å². The summed E-state index contributed by atoms with van der Waals surface area (Å²) >= 11 is 0. The van der Waals surface area contributed by atoms with E-state index >= 15 is 0 Å². The second-order valence-corrected chi connectivity index (χ2v) is 6.51. The number of aliphatic carboxylic acids is 1. The van der Waals surface area contributed by atoms with Crippen LogP contribution in [0.25, 0.3) is 0 Å². The monoisotopic (exact) mass is 305 g/mol. The molecule has 2 amide bonds. The number of carbonyl (C=O) groups is 2. The van der Waals surface area contributed by atoms with Crippen molar-refractivity contribution in [2.24, 2.45) is 5.92 Å². The highest BCUT2D eigenvalue weighted by atomic mass is 16.4. The van der Waals surface area contributed by atoms with E-state index in [1.165, 1.54) is 11.9 Å². The second kappa shape index (κ2) is 5.68. The molecular weight excluding hydrogens is 282 g/mol. The molecule has 1 aromatic rings. The molecule has 2 heterocycles. The van der Waals surface area contributed by atoms with Gasteiger partial charge in [0.2, 0.25) is 0 Å². The third-order valence-electron chi connectivity index (χ3n) is 4.23. The summed E-state index contributed by atoms with van der Waals surface area (Å²) in [6.07, 6.45) is 0. The van der Waals surface area contributed by atoms with E-state index in [1.54, 1.807) is 0 Å². The molecule has 1 aliphatic rings. The molecule has 22 heavy (non-hydrogen) atoms. The van der Waals surface area contributed by atoms with E-state index < -0.39 is 12.0 Å². The zero-order valence-electron chi connectivity index (χ0n) is 13.8. The molecule has 0 bridgehead atoms. The van der Waals surface area contributed by atoms with Gasteiger partial charge in [-0.25, -0.2) is 9.28 Å². The molecule has 0 N–H and O–H groups in total. The summed E-state index contributed by atoms with van der Waals surface area (Å²) in [5.74, 6) is -0.976. The van der Waals surface area contributed by atoms with Crippen molar-refractivity contribution in [3.63, 3.8) is 0 Å². The maximum absolute atomic E-state index is 12.9. The fraction of sp³-hybridized carbons (Fsp3) is 0.562. The van der Waals surface area contributed by atoms with Crippen LogP contribution in [0.1, 0.15) is 25.2 Å². The fourth-order valence-electron chi connectivity index (χ4n) is 3.37. The number of likely N-dealkylation sites (N-methyl/N-ethyl adjacent to an activating group) is 1. The Kier molecular flexibility index (Phi) is 4.24. The van der Waals surface area contributed by atoms with Crippen molar-refractivity contribution in [3.8, 4) is 0 Å². The minimum atomic E-state index is -1.21. The Bertz CT molecular complexity index is 615. The Morgan fingerprint density at radius 2 is 2.09 bits per heavy atom. The van der Waals surface area contributed by atoms with E-state index in [2.05, 4.69) is 4.98 Å². The molecule has 1 aromatic heterocycles. The van der Waals surface area contributed by atoms with Gasteiger partial charge in [-0.15, -0.1) is 0 Å². The lowest BCUT2D eigenvalue weighted by Crippen LogP contribution is -2.54. The zero-order chi connectivity index (χ0) is 16.7. The van der Waals surface area contributed by atoms with Crippen LogP contribution < -0.4 is 9.59 Å². The minimum Gasteiger partial charge on any atom is -0.548 e. The summed E-state index contributed by atoms with van der Waals surface area (Å²) in [6.45, 7) is 8.53. The van der Waals surface area contributed by atoms with Gasteiger partial charge in [-0.3, -0.25) is 9.88 Å². The number of aryl methyl sites for hydroxylation is 2. The number of amides is 2. The number of hydrogen-bond acceptors (Lipinski definition) is 4. The maximum Gasteiger partial charge on any atom is 0.424 e. The van der Waals surface area contributed by atoms with Crippen molar-refractivity contribution in [1.29, 1.82) is 0 Å². The molecule has 6 nitrogen and oxygen atoms in total. The van der Waals surface area contributed by atoms with Crippen LogP contribution in [0, 0.1) is 19.8 Å².